The Morgan fingerprint density at radius 2 is 1.79 bits per heavy atom. The van der Waals surface area contributed by atoms with Crippen LogP contribution in [-0.4, -0.2) is 55.9 Å². The Morgan fingerprint density at radius 1 is 1.05 bits per heavy atom. The van der Waals surface area contributed by atoms with E-state index in [1.807, 2.05) is 78.9 Å². The van der Waals surface area contributed by atoms with Gasteiger partial charge < -0.3 is 19.3 Å². The number of hydrogen-bond acceptors (Lipinski definition) is 8. The first-order chi connectivity index (χ1) is 20.6. The average Bonchev–Trinajstić information content (AvgIpc) is 3.42. The van der Waals surface area contributed by atoms with Crippen molar-refractivity contribution in [3.63, 3.8) is 0 Å². The molecule has 1 amide bonds. The van der Waals surface area contributed by atoms with Crippen LogP contribution in [0.3, 0.4) is 0 Å². The number of methoxy groups -OCH3 is 1. The molecule has 0 radical (unpaired) electrons. The summed E-state index contributed by atoms with van der Waals surface area (Å²) in [5.41, 5.74) is 16.5. The molecule has 1 aliphatic heterocycles. The number of ether oxygens (including phenoxy) is 3. The van der Waals surface area contributed by atoms with Crippen molar-refractivity contribution >= 4 is 11.8 Å². The van der Waals surface area contributed by atoms with Crippen LogP contribution in [0.25, 0.3) is 10.4 Å². The lowest BCUT2D eigenvalue weighted by Gasteiger charge is -2.31. The molecular weight excluding hydrogens is 536 g/mol. The van der Waals surface area contributed by atoms with E-state index in [1.54, 1.807) is 7.11 Å². The van der Waals surface area contributed by atoms with E-state index in [2.05, 4.69) is 20.9 Å². The molecule has 220 valence electrons. The first kappa shape index (κ1) is 30.5. The molecule has 2 atom stereocenters. The second-order valence-corrected chi connectivity index (χ2v) is 9.76. The van der Waals surface area contributed by atoms with E-state index in [4.69, 9.17) is 29.8 Å². The summed E-state index contributed by atoms with van der Waals surface area (Å²) >= 11 is 0. The van der Waals surface area contributed by atoms with Crippen molar-refractivity contribution in [2.75, 3.05) is 33.5 Å². The Kier molecular flexibility index (Phi) is 11.3. The topological polar surface area (TPSA) is 150 Å². The van der Waals surface area contributed by atoms with Gasteiger partial charge in [0.05, 0.1) is 13.2 Å². The van der Waals surface area contributed by atoms with E-state index in [9.17, 15) is 4.79 Å². The molecule has 0 saturated carbocycles. The highest BCUT2D eigenvalue weighted by Crippen LogP contribution is 2.43. The lowest BCUT2D eigenvalue weighted by atomic mass is 9.81. The maximum Gasteiger partial charge on any atom is 0.266 e. The molecule has 3 aromatic rings. The molecular formula is C31H36N6O5. The fraction of sp³-hybridized carbons (Fsp3) is 0.355. The van der Waals surface area contributed by atoms with Gasteiger partial charge >= 0.3 is 0 Å². The van der Waals surface area contributed by atoms with E-state index < -0.39 is 11.6 Å². The molecule has 0 bridgehead atoms. The normalized spacial score (nSPS) is 17.6. The number of nitrogens with zero attached hydrogens (tertiary/aromatic N) is 4. The van der Waals surface area contributed by atoms with Crippen LogP contribution in [0, 0.1) is 0 Å². The first-order valence-corrected chi connectivity index (χ1v) is 13.9. The van der Waals surface area contributed by atoms with Crippen LogP contribution in [0.15, 0.2) is 89.0 Å². The molecule has 1 heterocycles. The van der Waals surface area contributed by atoms with Crippen LogP contribution < -0.4 is 15.6 Å². The van der Waals surface area contributed by atoms with Gasteiger partial charge in [0, 0.05) is 50.2 Å². The van der Waals surface area contributed by atoms with Crippen molar-refractivity contribution in [3.8, 4) is 5.75 Å². The van der Waals surface area contributed by atoms with Gasteiger partial charge in [-0.2, -0.15) is 0 Å². The Morgan fingerprint density at radius 3 is 2.50 bits per heavy atom. The van der Waals surface area contributed by atoms with Gasteiger partial charge in [0.2, 0.25) is 5.90 Å². The Hall–Kier alpha value is -4.41. The summed E-state index contributed by atoms with van der Waals surface area (Å²) in [6.07, 6.45) is 0.691. The number of nitrogens with one attached hydrogen (secondary N) is 2. The zero-order valence-corrected chi connectivity index (χ0v) is 23.6. The Bertz CT molecular complexity index is 1380. The third-order valence-electron chi connectivity index (χ3n) is 6.87. The highest BCUT2D eigenvalue weighted by Gasteiger charge is 2.53. The van der Waals surface area contributed by atoms with E-state index in [1.165, 1.54) is 0 Å². The number of hydrogen-bond donors (Lipinski definition) is 3. The molecule has 0 aromatic heterocycles. The van der Waals surface area contributed by atoms with Gasteiger partial charge in [0.15, 0.2) is 11.6 Å². The van der Waals surface area contributed by atoms with Crippen molar-refractivity contribution in [3.05, 3.63) is 112 Å². The van der Waals surface area contributed by atoms with Gasteiger partial charge in [-0.15, -0.1) is 0 Å². The summed E-state index contributed by atoms with van der Waals surface area (Å²) in [7, 11) is 1.63. The maximum absolute atomic E-state index is 14.2. The summed E-state index contributed by atoms with van der Waals surface area (Å²) in [5, 5.41) is 12.8. The number of amides is 1. The number of rotatable bonds is 16. The quantitative estimate of drug-likeness (QED) is 0.0761. The third kappa shape index (κ3) is 7.65. The number of aliphatic hydroxyl groups is 1. The summed E-state index contributed by atoms with van der Waals surface area (Å²) in [4.78, 5) is 22.1. The Balaban J connectivity index is 1.75. The van der Waals surface area contributed by atoms with Gasteiger partial charge in [0.1, 0.15) is 5.75 Å². The maximum atomic E-state index is 14.2. The van der Waals surface area contributed by atoms with Crippen LogP contribution in [-0.2, 0) is 27.2 Å². The summed E-state index contributed by atoms with van der Waals surface area (Å²) in [6, 6.07) is 24.4. The number of azide groups is 1. The van der Waals surface area contributed by atoms with Crippen LogP contribution in [0.1, 0.15) is 41.2 Å². The lowest BCUT2D eigenvalue weighted by Crippen LogP contribution is -2.54. The largest absolute Gasteiger partial charge is 0.494 e. The number of carbonyl (C=O) groups excluding carboxylic acids is 1. The van der Waals surface area contributed by atoms with Gasteiger partial charge in [-0.25, -0.2) is 10.4 Å². The molecule has 1 aliphatic rings. The molecule has 0 saturated heterocycles. The van der Waals surface area contributed by atoms with E-state index in [0.29, 0.717) is 49.8 Å². The second kappa shape index (κ2) is 15.6. The molecule has 0 fully saturated rings. The molecule has 0 spiro atoms. The predicted molar refractivity (Wildman–Crippen MR) is 159 cm³/mol. The van der Waals surface area contributed by atoms with E-state index in [0.717, 1.165) is 16.7 Å². The fourth-order valence-corrected chi connectivity index (χ4v) is 4.75. The molecule has 0 aliphatic carbocycles. The first-order valence-electron chi connectivity index (χ1n) is 13.9. The number of aliphatic imine (C=N–C) groups is 1. The van der Waals surface area contributed by atoms with Crippen LogP contribution in [0.2, 0.25) is 0 Å². The van der Waals surface area contributed by atoms with Crippen LogP contribution >= 0.6 is 0 Å². The van der Waals surface area contributed by atoms with Gasteiger partial charge in [0.25, 0.3) is 5.91 Å². The number of carbonyl (C=O) groups is 1. The van der Waals surface area contributed by atoms with Crippen LogP contribution in [0.5, 0.6) is 5.75 Å². The zero-order chi connectivity index (χ0) is 29.6. The highest BCUT2D eigenvalue weighted by molar-refractivity contribution is 6.01. The van der Waals surface area contributed by atoms with Crippen molar-refractivity contribution in [1.82, 2.24) is 10.9 Å². The van der Waals surface area contributed by atoms with Gasteiger partial charge in [-0.1, -0.05) is 59.7 Å². The minimum Gasteiger partial charge on any atom is -0.494 e. The monoisotopic (exact) mass is 572 g/mol. The number of benzene rings is 3. The van der Waals surface area contributed by atoms with Crippen molar-refractivity contribution in [2.45, 2.75) is 37.5 Å². The SMILES string of the molecule is COCCCNNC(=O)[C@@]1(Cc2ccccc2CN=[N+]=[N-])N=C(c2ccc(OCCCO)cc2)O[C@H]1c1ccccc1. The van der Waals surface area contributed by atoms with Crippen molar-refractivity contribution in [1.29, 1.82) is 0 Å². The van der Waals surface area contributed by atoms with Gasteiger partial charge in [-0.05, 0) is 52.9 Å². The van der Waals surface area contributed by atoms with Gasteiger partial charge in [-0.3, -0.25) is 10.2 Å². The molecule has 0 unspecified atom stereocenters. The average molecular weight is 573 g/mol. The van der Waals surface area contributed by atoms with Crippen LogP contribution in [0.4, 0.5) is 0 Å². The molecule has 42 heavy (non-hydrogen) atoms. The minimum absolute atomic E-state index is 0.0565. The van der Waals surface area contributed by atoms with E-state index in [-0.39, 0.29) is 25.5 Å². The predicted octanol–water partition coefficient (Wildman–Crippen LogP) is 4.42. The van der Waals surface area contributed by atoms with Crippen molar-refractivity contribution < 1.29 is 24.1 Å². The minimum atomic E-state index is -1.40. The molecule has 3 aromatic carbocycles. The van der Waals surface area contributed by atoms with Crippen molar-refractivity contribution in [2.24, 2.45) is 10.1 Å². The third-order valence-corrected chi connectivity index (χ3v) is 6.87. The second-order valence-electron chi connectivity index (χ2n) is 9.76. The molecule has 3 N–H and O–H groups in total. The number of aliphatic hydroxyl groups excluding tert-OH is 1. The molecule has 4 rings (SSSR count). The fourth-order valence-electron chi connectivity index (χ4n) is 4.75. The lowest BCUT2D eigenvalue weighted by molar-refractivity contribution is -0.130. The standard InChI is InChI=1S/C31H36N6O5/c1-40-19-7-17-33-36-30(39)31(21-25-11-5-6-12-26(25)22-34-37-32)28(23-9-3-2-4-10-23)42-29(35-31)24-13-15-27(16-14-24)41-20-8-18-38/h2-6,9-16,28,33,38H,7-8,17-22H2,1H3,(H,36,39)/t28-,31-/m0/s1. The molecule has 11 nitrogen and oxygen atoms in total. The van der Waals surface area contributed by atoms with E-state index >= 15 is 0 Å². The summed E-state index contributed by atoms with van der Waals surface area (Å²) in [5.74, 6) is 0.626. The Labute approximate surface area is 245 Å². The zero-order valence-electron chi connectivity index (χ0n) is 23.6. The summed E-state index contributed by atoms with van der Waals surface area (Å²) < 4.78 is 17.3. The molecule has 11 heteroatoms. The highest BCUT2D eigenvalue weighted by atomic mass is 16.5. The number of hydrazine groups is 1. The smallest absolute Gasteiger partial charge is 0.266 e. The summed E-state index contributed by atoms with van der Waals surface area (Å²) in [6.45, 7) is 1.66.